The van der Waals surface area contributed by atoms with E-state index in [1.54, 1.807) is 20.3 Å². The molecule has 30 heavy (non-hydrogen) atoms. The Morgan fingerprint density at radius 2 is 1.80 bits per heavy atom. The predicted molar refractivity (Wildman–Crippen MR) is 134 cm³/mol. The predicted octanol–water partition coefficient (Wildman–Crippen LogP) is 7.25. The van der Waals surface area contributed by atoms with Gasteiger partial charge >= 0.3 is 0 Å². The standard InChI is InChI=1S/C23H24ClIO4S/c1-5-8-17-14-20(18(24)15-19(17)28-10-6-2)29-23-21(26-3)12-16(9-7-11-30-25)13-22(23)27-4/h5,12-15H,1,6,8-10H2,2-4H3. The molecule has 0 N–H and O–H groups in total. The van der Waals surface area contributed by atoms with Crippen LogP contribution in [0.1, 0.15) is 24.5 Å². The number of allylic oxidation sites excluding steroid dienone is 1. The summed E-state index contributed by atoms with van der Waals surface area (Å²) in [4.78, 5) is 0. The van der Waals surface area contributed by atoms with Crippen molar-refractivity contribution in [1.29, 1.82) is 0 Å². The van der Waals surface area contributed by atoms with Crippen molar-refractivity contribution >= 4 is 41.7 Å². The van der Waals surface area contributed by atoms with E-state index in [-0.39, 0.29) is 0 Å². The second kappa shape index (κ2) is 12.9. The van der Waals surface area contributed by atoms with Crippen LogP contribution in [-0.4, -0.2) is 20.8 Å². The normalized spacial score (nSPS) is 10.0. The van der Waals surface area contributed by atoms with Crippen LogP contribution in [0.5, 0.6) is 28.7 Å². The highest BCUT2D eigenvalue weighted by molar-refractivity contribution is 14.2. The SMILES string of the molecule is C=CCc1cc(Oc2c(OC)cc(CC#CSI)cc2OC)c(Cl)cc1OCCC. The Morgan fingerprint density at radius 3 is 2.37 bits per heavy atom. The van der Waals surface area contributed by atoms with E-state index in [0.717, 1.165) is 23.3 Å². The molecule has 0 saturated carbocycles. The number of methoxy groups -OCH3 is 2. The van der Waals surface area contributed by atoms with Crippen LogP contribution in [0.4, 0.5) is 0 Å². The van der Waals surface area contributed by atoms with Crippen molar-refractivity contribution in [2.24, 2.45) is 0 Å². The number of benzene rings is 2. The van der Waals surface area contributed by atoms with Crippen molar-refractivity contribution in [2.75, 3.05) is 20.8 Å². The Morgan fingerprint density at radius 1 is 1.10 bits per heavy atom. The summed E-state index contributed by atoms with van der Waals surface area (Å²) in [6, 6.07) is 7.42. The quantitative estimate of drug-likeness (QED) is 0.174. The van der Waals surface area contributed by atoms with Gasteiger partial charge in [0.2, 0.25) is 5.75 Å². The van der Waals surface area contributed by atoms with Gasteiger partial charge in [0.15, 0.2) is 11.5 Å². The first-order valence-electron chi connectivity index (χ1n) is 9.32. The van der Waals surface area contributed by atoms with Gasteiger partial charge in [-0.2, -0.15) is 0 Å². The Bertz CT molecular complexity index is 912. The van der Waals surface area contributed by atoms with E-state index in [0.29, 0.717) is 47.5 Å². The fourth-order valence-corrected chi connectivity index (χ4v) is 3.52. The Kier molecular flexibility index (Phi) is 10.6. The average molecular weight is 559 g/mol. The molecule has 0 radical (unpaired) electrons. The van der Waals surface area contributed by atoms with Crippen LogP contribution in [0.3, 0.4) is 0 Å². The van der Waals surface area contributed by atoms with Gasteiger partial charge < -0.3 is 18.9 Å². The topological polar surface area (TPSA) is 36.9 Å². The number of hydrogen-bond donors (Lipinski definition) is 0. The Labute approximate surface area is 199 Å². The Hall–Kier alpha value is -1.69. The van der Waals surface area contributed by atoms with Gasteiger partial charge in [-0.3, -0.25) is 0 Å². The molecule has 0 aliphatic heterocycles. The summed E-state index contributed by atoms with van der Waals surface area (Å²) in [5.41, 5.74) is 1.91. The van der Waals surface area contributed by atoms with E-state index in [4.69, 9.17) is 30.5 Å². The summed E-state index contributed by atoms with van der Waals surface area (Å²) >= 11 is 8.65. The fourth-order valence-electron chi connectivity index (χ4n) is 2.73. The summed E-state index contributed by atoms with van der Waals surface area (Å²) in [5.74, 6) is 5.84. The van der Waals surface area contributed by atoms with Crippen molar-refractivity contribution in [1.82, 2.24) is 0 Å². The minimum absolute atomic E-state index is 0.437. The minimum atomic E-state index is 0.437. The third-order valence-corrected chi connectivity index (χ3v) is 5.25. The fraction of sp³-hybridized carbons (Fsp3) is 0.304. The van der Waals surface area contributed by atoms with Gasteiger partial charge in [-0.05, 0) is 50.8 Å². The molecular weight excluding hydrogens is 535 g/mol. The lowest BCUT2D eigenvalue weighted by molar-refractivity contribution is 0.313. The molecule has 0 aliphatic carbocycles. The molecule has 0 atom stereocenters. The molecule has 0 spiro atoms. The van der Waals surface area contributed by atoms with Gasteiger partial charge in [-0.15, -0.1) is 6.58 Å². The number of hydrogen-bond acceptors (Lipinski definition) is 5. The van der Waals surface area contributed by atoms with Crippen molar-refractivity contribution < 1.29 is 18.9 Å². The maximum absolute atomic E-state index is 6.50. The molecular formula is C23H24ClIO4S. The van der Waals surface area contributed by atoms with E-state index in [1.165, 1.54) is 8.93 Å². The molecule has 160 valence electrons. The molecule has 0 saturated heterocycles. The second-order valence-electron chi connectivity index (χ2n) is 6.20. The van der Waals surface area contributed by atoms with Crippen LogP contribution >= 0.6 is 41.7 Å². The molecule has 0 aromatic heterocycles. The zero-order valence-corrected chi connectivity index (χ0v) is 20.9. The van der Waals surface area contributed by atoms with Gasteiger partial charge in [0.25, 0.3) is 0 Å². The number of rotatable bonds is 10. The molecule has 4 nitrogen and oxygen atoms in total. The molecule has 7 heteroatoms. The van der Waals surface area contributed by atoms with Gasteiger partial charge in [0.05, 0.1) is 25.8 Å². The van der Waals surface area contributed by atoms with Crippen molar-refractivity contribution in [3.8, 4) is 39.9 Å². The van der Waals surface area contributed by atoms with Gasteiger partial charge in [-0.1, -0.05) is 30.5 Å². The number of halogens is 2. The van der Waals surface area contributed by atoms with Crippen LogP contribution in [-0.2, 0) is 12.8 Å². The zero-order chi connectivity index (χ0) is 21.9. The highest BCUT2D eigenvalue weighted by atomic mass is 127. The average Bonchev–Trinajstić information content (AvgIpc) is 2.75. The highest BCUT2D eigenvalue weighted by Gasteiger charge is 2.18. The van der Waals surface area contributed by atoms with Crippen LogP contribution in [0.25, 0.3) is 0 Å². The Balaban J connectivity index is 2.44. The summed E-state index contributed by atoms with van der Waals surface area (Å²) in [5, 5.41) is 3.41. The molecule has 0 fully saturated rings. The molecule has 0 unspecified atom stereocenters. The maximum Gasteiger partial charge on any atom is 0.211 e. The zero-order valence-electron chi connectivity index (χ0n) is 17.2. The third kappa shape index (κ3) is 6.66. The minimum Gasteiger partial charge on any atom is -0.493 e. The molecule has 0 amide bonds. The first-order chi connectivity index (χ1) is 14.6. The summed E-state index contributed by atoms with van der Waals surface area (Å²) in [6.45, 7) is 6.50. The first kappa shape index (κ1) is 24.6. The van der Waals surface area contributed by atoms with E-state index < -0.39 is 0 Å². The molecule has 0 bridgehead atoms. The smallest absolute Gasteiger partial charge is 0.211 e. The summed E-state index contributed by atoms with van der Waals surface area (Å²) < 4.78 is 23.1. The van der Waals surface area contributed by atoms with Gasteiger partial charge in [0.1, 0.15) is 11.5 Å². The maximum atomic E-state index is 6.50. The van der Waals surface area contributed by atoms with E-state index in [1.807, 2.05) is 24.3 Å². The lowest BCUT2D eigenvalue weighted by Gasteiger charge is -2.18. The van der Waals surface area contributed by atoms with Crippen LogP contribution in [0.15, 0.2) is 36.9 Å². The van der Waals surface area contributed by atoms with Crippen molar-refractivity contribution in [2.45, 2.75) is 26.2 Å². The number of ether oxygens (including phenoxy) is 4. The largest absolute Gasteiger partial charge is 0.493 e. The van der Waals surface area contributed by atoms with Crippen LogP contribution in [0.2, 0.25) is 5.02 Å². The molecule has 0 aliphatic rings. The lowest BCUT2D eigenvalue weighted by Crippen LogP contribution is -2.01. The van der Waals surface area contributed by atoms with Gasteiger partial charge in [0, 0.05) is 39.3 Å². The van der Waals surface area contributed by atoms with Crippen LogP contribution in [0, 0.1) is 11.2 Å². The van der Waals surface area contributed by atoms with E-state index >= 15 is 0 Å². The molecule has 0 heterocycles. The first-order valence-corrected chi connectivity index (χ1v) is 13.1. The summed E-state index contributed by atoms with van der Waals surface area (Å²) in [7, 11) is 4.62. The third-order valence-electron chi connectivity index (χ3n) is 4.08. The van der Waals surface area contributed by atoms with Crippen LogP contribution < -0.4 is 18.9 Å². The lowest BCUT2D eigenvalue weighted by atomic mass is 10.1. The van der Waals surface area contributed by atoms with Crippen molar-refractivity contribution in [3.05, 3.63) is 53.1 Å². The molecule has 2 aromatic rings. The van der Waals surface area contributed by atoms with Gasteiger partial charge in [-0.25, -0.2) is 0 Å². The van der Waals surface area contributed by atoms with Crippen molar-refractivity contribution in [3.63, 3.8) is 0 Å². The summed E-state index contributed by atoms with van der Waals surface area (Å²) in [6.07, 6.45) is 3.94. The highest BCUT2D eigenvalue weighted by Crippen LogP contribution is 2.44. The second-order valence-corrected chi connectivity index (χ2v) is 8.28. The van der Waals surface area contributed by atoms with E-state index in [2.05, 4.69) is 45.9 Å². The monoisotopic (exact) mass is 558 g/mol. The molecule has 2 aromatic carbocycles. The van der Waals surface area contributed by atoms with E-state index in [9.17, 15) is 0 Å². The molecule has 2 rings (SSSR count).